The number of hydrogen-bond donors (Lipinski definition) is 2. The molecule has 2 fully saturated rings. The second-order valence-corrected chi connectivity index (χ2v) is 6.77. The van der Waals surface area contributed by atoms with Crippen molar-refractivity contribution in [2.45, 2.75) is 64.0 Å². The summed E-state index contributed by atoms with van der Waals surface area (Å²) < 4.78 is 5.81. The Morgan fingerprint density at radius 3 is 2.68 bits per heavy atom. The molecule has 1 amide bonds. The predicted octanol–water partition coefficient (Wildman–Crippen LogP) is 1.83. The van der Waals surface area contributed by atoms with Gasteiger partial charge in [0.2, 0.25) is 5.91 Å². The predicted molar refractivity (Wildman–Crippen MR) is 75.7 cm³/mol. The van der Waals surface area contributed by atoms with Crippen LogP contribution in [0, 0.1) is 11.8 Å². The standard InChI is InChI=1S/C15H28N2O2/c1-11-4-3-5-12(8-11)9-19-10-15(2,14(16)18)17-13-6-7-13/h11-13,17H,3-10H2,1-2H3,(H2,16,18). The third-order valence-electron chi connectivity index (χ3n) is 4.43. The lowest BCUT2D eigenvalue weighted by Gasteiger charge is -2.30. The Hall–Kier alpha value is -0.610. The molecule has 4 nitrogen and oxygen atoms in total. The van der Waals surface area contributed by atoms with Crippen molar-refractivity contribution in [3.8, 4) is 0 Å². The molecule has 0 heterocycles. The van der Waals surface area contributed by atoms with Crippen molar-refractivity contribution in [2.24, 2.45) is 17.6 Å². The van der Waals surface area contributed by atoms with Gasteiger partial charge in [-0.15, -0.1) is 0 Å². The Morgan fingerprint density at radius 1 is 1.37 bits per heavy atom. The Labute approximate surface area is 116 Å². The summed E-state index contributed by atoms with van der Waals surface area (Å²) in [5.41, 5.74) is 4.80. The number of rotatable bonds is 7. The van der Waals surface area contributed by atoms with Crippen molar-refractivity contribution >= 4 is 5.91 Å². The van der Waals surface area contributed by atoms with Crippen LogP contribution in [0.1, 0.15) is 52.4 Å². The van der Waals surface area contributed by atoms with Crippen LogP contribution in [0.15, 0.2) is 0 Å². The van der Waals surface area contributed by atoms with Crippen LogP contribution in [0.4, 0.5) is 0 Å². The molecule has 0 saturated heterocycles. The van der Waals surface area contributed by atoms with E-state index in [0.717, 1.165) is 25.4 Å². The molecule has 0 aromatic rings. The average Bonchev–Trinajstić information content (AvgIpc) is 3.12. The van der Waals surface area contributed by atoms with Gasteiger partial charge in [-0.1, -0.05) is 19.8 Å². The molecule has 3 unspecified atom stereocenters. The molecule has 2 aliphatic rings. The van der Waals surface area contributed by atoms with E-state index in [1.54, 1.807) is 0 Å². The summed E-state index contributed by atoms with van der Waals surface area (Å²) in [6.07, 6.45) is 7.45. The van der Waals surface area contributed by atoms with Crippen molar-refractivity contribution in [3.63, 3.8) is 0 Å². The van der Waals surface area contributed by atoms with E-state index < -0.39 is 5.54 Å². The minimum absolute atomic E-state index is 0.309. The summed E-state index contributed by atoms with van der Waals surface area (Å²) in [7, 11) is 0. The molecule has 19 heavy (non-hydrogen) atoms. The molecule has 0 aromatic carbocycles. The van der Waals surface area contributed by atoms with Gasteiger partial charge in [-0.3, -0.25) is 10.1 Å². The minimum atomic E-state index is -0.707. The average molecular weight is 268 g/mol. The minimum Gasteiger partial charge on any atom is -0.379 e. The van der Waals surface area contributed by atoms with E-state index in [2.05, 4.69) is 12.2 Å². The summed E-state index contributed by atoms with van der Waals surface area (Å²) in [6, 6.07) is 0.454. The van der Waals surface area contributed by atoms with Crippen LogP contribution in [0.25, 0.3) is 0 Å². The summed E-state index contributed by atoms with van der Waals surface area (Å²) >= 11 is 0. The van der Waals surface area contributed by atoms with Crippen LogP contribution >= 0.6 is 0 Å². The Bertz CT molecular complexity index is 317. The lowest BCUT2D eigenvalue weighted by atomic mass is 9.83. The number of nitrogens with two attached hydrogens (primary N) is 1. The SMILES string of the molecule is CC1CCCC(COCC(C)(NC2CC2)C(N)=O)C1. The summed E-state index contributed by atoms with van der Waals surface area (Å²) in [6.45, 7) is 5.33. The van der Waals surface area contributed by atoms with Crippen LogP contribution in [-0.4, -0.2) is 30.7 Å². The molecule has 0 bridgehead atoms. The van der Waals surface area contributed by atoms with E-state index in [-0.39, 0.29) is 5.91 Å². The number of ether oxygens (including phenoxy) is 1. The van der Waals surface area contributed by atoms with Crippen molar-refractivity contribution in [1.82, 2.24) is 5.32 Å². The molecule has 110 valence electrons. The molecule has 4 heteroatoms. The maximum Gasteiger partial charge on any atom is 0.239 e. The summed E-state index contributed by atoms with van der Waals surface area (Å²) in [4.78, 5) is 11.6. The van der Waals surface area contributed by atoms with Crippen molar-refractivity contribution in [1.29, 1.82) is 0 Å². The van der Waals surface area contributed by atoms with Crippen LogP contribution in [0.5, 0.6) is 0 Å². The Morgan fingerprint density at radius 2 is 2.11 bits per heavy atom. The summed E-state index contributed by atoms with van der Waals surface area (Å²) in [5.74, 6) is 1.16. The second-order valence-electron chi connectivity index (χ2n) is 6.77. The van der Waals surface area contributed by atoms with Gasteiger partial charge in [0.25, 0.3) is 0 Å². The van der Waals surface area contributed by atoms with Gasteiger partial charge in [0.15, 0.2) is 0 Å². The molecule has 3 atom stereocenters. The Kier molecular flexibility index (Phi) is 4.85. The van der Waals surface area contributed by atoms with E-state index in [1.165, 1.54) is 25.7 Å². The van der Waals surface area contributed by atoms with Gasteiger partial charge in [-0.25, -0.2) is 0 Å². The highest BCUT2D eigenvalue weighted by molar-refractivity contribution is 5.84. The second kappa shape index (κ2) is 6.23. The first-order chi connectivity index (χ1) is 8.99. The van der Waals surface area contributed by atoms with Gasteiger partial charge in [-0.05, 0) is 44.4 Å². The maximum atomic E-state index is 11.6. The van der Waals surface area contributed by atoms with Gasteiger partial charge in [0.05, 0.1) is 6.61 Å². The van der Waals surface area contributed by atoms with Gasteiger partial charge < -0.3 is 10.5 Å². The number of amides is 1. The first-order valence-electron chi connectivity index (χ1n) is 7.65. The number of nitrogens with one attached hydrogen (secondary N) is 1. The van der Waals surface area contributed by atoms with E-state index in [0.29, 0.717) is 18.6 Å². The molecule has 0 aliphatic heterocycles. The molecule has 0 spiro atoms. The van der Waals surface area contributed by atoms with Gasteiger partial charge in [0.1, 0.15) is 5.54 Å². The number of hydrogen-bond acceptors (Lipinski definition) is 3. The molecular weight excluding hydrogens is 240 g/mol. The zero-order valence-corrected chi connectivity index (χ0v) is 12.3. The zero-order chi connectivity index (χ0) is 13.9. The van der Waals surface area contributed by atoms with Crippen molar-refractivity contribution in [2.75, 3.05) is 13.2 Å². The fourth-order valence-corrected chi connectivity index (χ4v) is 3.00. The zero-order valence-electron chi connectivity index (χ0n) is 12.3. The summed E-state index contributed by atoms with van der Waals surface area (Å²) in [5, 5.41) is 3.31. The van der Waals surface area contributed by atoms with Gasteiger partial charge >= 0.3 is 0 Å². The smallest absolute Gasteiger partial charge is 0.239 e. The number of carbonyl (C=O) groups excluding carboxylic acids is 1. The third-order valence-corrected chi connectivity index (χ3v) is 4.43. The lowest BCUT2D eigenvalue weighted by molar-refractivity contribution is -0.126. The first-order valence-corrected chi connectivity index (χ1v) is 7.65. The molecular formula is C15H28N2O2. The maximum absolute atomic E-state index is 11.6. The highest BCUT2D eigenvalue weighted by atomic mass is 16.5. The van der Waals surface area contributed by atoms with Crippen molar-refractivity contribution in [3.05, 3.63) is 0 Å². The van der Waals surface area contributed by atoms with E-state index in [9.17, 15) is 4.79 Å². The molecule has 3 N–H and O–H groups in total. The fraction of sp³-hybridized carbons (Fsp3) is 0.933. The largest absolute Gasteiger partial charge is 0.379 e. The van der Waals surface area contributed by atoms with Crippen LogP contribution in [-0.2, 0) is 9.53 Å². The highest BCUT2D eigenvalue weighted by Gasteiger charge is 2.37. The quantitative estimate of drug-likeness (QED) is 0.740. The Balaban J connectivity index is 1.73. The monoisotopic (exact) mass is 268 g/mol. The van der Waals surface area contributed by atoms with E-state index in [1.807, 2.05) is 6.92 Å². The third kappa shape index (κ3) is 4.46. The molecule has 2 aliphatic carbocycles. The number of primary amides is 1. The van der Waals surface area contributed by atoms with Gasteiger partial charge in [0, 0.05) is 12.6 Å². The lowest BCUT2D eigenvalue weighted by Crippen LogP contribution is -2.57. The first kappa shape index (κ1) is 14.8. The van der Waals surface area contributed by atoms with Gasteiger partial charge in [-0.2, -0.15) is 0 Å². The molecule has 2 rings (SSSR count). The normalized spacial score (nSPS) is 30.8. The van der Waals surface area contributed by atoms with Crippen LogP contribution < -0.4 is 11.1 Å². The van der Waals surface area contributed by atoms with Crippen LogP contribution in [0.2, 0.25) is 0 Å². The molecule has 2 saturated carbocycles. The van der Waals surface area contributed by atoms with E-state index >= 15 is 0 Å². The van der Waals surface area contributed by atoms with Crippen LogP contribution in [0.3, 0.4) is 0 Å². The molecule has 0 radical (unpaired) electrons. The topological polar surface area (TPSA) is 64.3 Å². The number of carbonyl (C=O) groups is 1. The van der Waals surface area contributed by atoms with E-state index in [4.69, 9.17) is 10.5 Å². The van der Waals surface area contributed by atoms with Crippen molar-refractivity contribution < 1.29 is 9.53 Å². The molecule has 0 aromatic heterocycles. The fourth-order valence-electron chi connectivity index (χ4n) is 3.00. The highest BCUT2D eigenvalue weighted by Crippen LogP contribution is 2.29.